The van der Waals surface area contributed by atoms with Crippen LogP contribution < -0.4 is 14.4 Å². The number of benzene rings is 2. The lowest BCUT2D eigenvalue weighted by Gasteiger charge is -2.45. The fourth-order valence-corrected chi connectivity index (χ4v) is 9.19. The molecule has 2 fully saturated rings. The minimum Gasteiger partial charge on any atom is -0.593 e. The number of anilines is 1. The van der Waals surface area contributed by atoms with Crippen LogP contribution in [0.1, 0.15) is 72.9 Å². The Labute approximate surface area is 250 Å². The minimum absolute atomic E-state index is 0.155. The van der Waals surface area contributed by atoms with Gasteiger partial charge in [0.05, 0.1) is 30.2 Å². The molecule has 5 aliphatic rings. The highest BCUT2D eigenvalue weighted by molar-refractivity contribution is 7.90. The number of amides is 2. The first-order valence-electron chi connectivity index (χ1n) is 15.2. The average Bonchev–Trinajstić information content (AvgIpc) is 3.11. The van der Waals surface area contributed by atoms with Gasteiger partial charge in [0, 0.05) is 48.5 Å². The maximum absolute atomic E-state index is 13.4. The summed E-state index contributed by atoms with van der Waals surface area (Å²) in [6.07, 6.45) is 8.40. The molecule has 7 nitrogen and oxygen atoms in total. The summed E-state index contributed by atoms with van der Waals surface area (Å²) in [4.78, 5) is 30.9. The summed E-state index contributed by atoms with van der Waals surface area (Å²) < 4.78 is 22.6. The molecule has 2 aromatic rings. The van der Waals surface area contributed by atoms with Crippen LogP contribution in [0.2, 0.25) is 5.02 Å². The van der Waals surface area contributed by atoms with Gasteiger partial charge in [-0.3, -0.25) is 9.59 Å². The number of fused-ring (bicyclic) bond motifs is 6. The lowest BCUT2D eigenvalue weighted by atomic mass is 9.69. The standard InChI is InChI=1S/C32H38ClN3O4S/c33-25-9-10-27-22(15-25)3-1-13-32(27)19-36-17-24-6-5-21(24)8-12-30(37)35-14-2-4-26(18-35)41(39)34-31(38)23-7-11-29(40-20-32)28(36)16-23/h7,9-11,15-16,21,24,26H,1-6,8,12-14,17-20H2,(H,34,38)/t21-,24-,26-,32-,41-/m0/s1. The molecule has 0 radical (unpaired) electrons. The van der Waals surface area contributed by atoms with E-state index in [1.54, 1.807) is 6.07 Å². The molecule has 41 heavy (non-hydrogen) atoms. The second-order valence-corrected chi connectivity index (χ2v) is 14.7. The highest BCUT2D eigenvalue weighted by Crippen LogP contribution is 2.47. The zero-order chi connectivity index (χ0) is 28.1. The van der Waals surface area contributed by atoms with E-state index in [1.807, 2.05) is 23.1 Å². The Morgan fingerprint density at radius 2 is 1.85 bits per heavy atom. The number of aryl methyl sites for hydroxylation is 1. The molecule has 4 bridgehead atoms. The molecule has 1 N–H and O–H groups in total. The van der Waals surface area contributed by atoms with Gasteiger partial charge in [-0.2, -0.15) is 4.72 Å². The maximum Gasteiger partial charge on any atom is 0.292 e. The maximum atomic E-state index is 13.4. The largest absolute Gasteiger partial charge is 0.593 e. The highest BCUT2D eigenvalue weighted by atomic mass is 35.5. The van der Waals surface area contributed by atoms with E-state index in [0.717, 1.165) is 80.9 Å². The molecule has 5 atom stereocenters. The van der Waals surface area contributed by atoms with Crippen LogP contribution in [0.15, 0.2) is 36.4 Å². The summed E-state index contributed by atoms with van der Waals surface area (Å²) in [5.74, 6) is 1.60. The Balaban J connectivity index is 1.26. The first-order valence-corrected chi connectivity index (χ1v) is 16.8. The van der Waals surface area contributed by atoms with Gasteiger partial charge in [0.1, 0.15) is 5.75 Å². The molecule has 3 aliphatic heterocycles. The average molecular weight is 596 g/mol. The number of nitrogens with zero attached hydrogens (tertiary/aromatic N) is 2. The Bertz CT molecular complexity index is 1360. The normalized spacial score (nSPS) is 31.8. The molecular weight excluding hydrogens is 558 g/mol. The number of halogens is 1. The van der Waals surface area contributed by atoms with Crippen LogP contribution in [0.4, 0.5) is 5.69 Å². The van der Waals surface area contributed by atoms with Gasteiger partial charge < -0.3 is 19.1 Å². The van der Waals surface area contributed by atoms with Crippen LogP contribution in [0.3, 0.4) is 0 Å². The molecule has 0 unspecified atom stereocenters. The molecular formula is C32H38ClN3O4S. The second-order valence-electron chi connectivity index (χ2n) is 12.8. The molecule has 1 saturated heterocycles. The van der Waals surface area contributed by atoms with Gasteiger partial charge in [-0.15, -0.1) is 0 Å². The first kappa shape index (κ1) is 27.4. The van der Waals surface area contributed by atoms with Crippen molar-refractivity contribution in [2.75, 3.05) is 37.7 Å². The predicted molar refractivity (Wildman–Crippen MR) is 161 cm³/mol. The molecule has 3 heterocycles. The molecule has 0 aromatic heterocycles. The third kappa shape index (κ3) is 5.21. The van der Waals surface area contributed by atoms with Crippen molar-refractivity contribution >= 4 is 40.5 Å². The molecule has 1 saturated carbocycles. The van der Waals surface area contributed by atoms with Gasteiger partial charge in [-0.05, 0) is 98.2 Å². The van der Waals surface area contributed by atoms with Crippen molar-refractivity contribution < 1.29 is 18.9 Å². The van der Waals surface area contributed by atoms with Crippen LogP contribution in [0, 0.1) is 11.8 Å². The van der Waals surface area contributed by atoms with E-state index >= 15 is 0 Å². The molecule has 2 amide bonds. The van der Waals surface area contributed by atoms with E-state index in [0.29, 0.717) is 43.5 Å². The lowest BCUT2D eigenvalue weighted by molar-refractivity contribution is -0.132. The van der Waals surface area contributed by atoms with Gasteiger partial charge in [0.2, 0.25) is 5.91 Å². The summed E-state index contributed by atoms with van der Waals surface area (Å²) in [5.41, 5.74) is 3.85. The highest BCUT2D eigenvalue weighted by Gasteiger charge is 2.44. The van der Waals surface area contributed by atoms with E-state index in [9.17, 15) is 14.1 Å². The van der Waals surface area contributed by atoms with Crippen molar-refractivity contribution in [1.29, 1.82) is 0 Å². The second kappa shape index (κ2) is 11.0. The SMILES string of the molecule is O=C1N[S@@+]([O-])[C@H]2CCCN(C2)C(=O)CC[C@@H]2CC[C@H]2CN2C[C@@]3(CCCc4cc(Cl)ccc43)COc3ccc1cc32. The van der Waals surface area contributed by atoms with Gasteiger partial charge >= 0.3 is 0 Å². The third-order valence-electron chi connectivity index (χ3n) is 10.3. The predicted octanol–water partition coefficient (Wildman–Crippen LogP) is 5.02. The summed E-state index contributed by atoms with van der Waals surface area (Å²) in [5, 5.41) is 0.519. The fourth-order valence-electron chi connectivity index (χ4n) is 7.84. The molecule has 218 valence electrons. The first-order chi connectivity index (χ1) is 19.9. The number of ether oxygens (including phenoxy) is 1. The summed E-state index contributed by atoms with van der Waals surface area (Å²) in [6.45, 7) is 3.38. The number of carbonyl (C=O) groups excluding carboxylic acids is 2. The van der Waals surface area contributed by atoms with E-state index in [2.05, 4.69) is 21.8 Å². The van der Waals surface area contributed by atoms with Crippen LogP contribution in [-0.2, 0) is 28.0 Å². The summed E-state index contributed by atoms with van der Waals surface area (Å²) in [6, 6.07) is 11.9. The Hall–Kier alpha value is -2.42. The number of carbonyl (C=O) groups is 2. The van der Waals surface area contributed by atoms with E-state index in [4.69, 9.17) is 16.3 Å². The minimum atomic E-state index is -1.57. The van der Waals surface area contributed by atoms with Crippen LogP contribution in [0.25, 0.3) is 0 Å². The number of rotatable bonds is 0. The van der Waals surface area contributed by atoms with E-state index in [1.165, 1.54) is 11.1 Å². The molecule has 2 aromatic carbocycles. The van der Waals surface area contributed by atoms with Gasteiger partial charge in [-0.25, -0.2) is 0 Å². The smallest absolute Gasteiger partial charge is 0.292 e. The lowest BCUT2D eigenvalue weighted by Crippen LogP contribution is -2.50. The van der Waals surface area contributed by atoms with E-state index < -0.39 is 11.4 Å². The molecule has 7 rings (SSSR count). The number of piperidine rings is 1. The van der Waals surface area contributed by atoms with Crippen molar-refractivity contribution in [2.45, 2.75) is 68.5 Å². The van der Waals surface area contributed by atoms with Crippen LogP contribution in [-0.4, -0.2) is 59.3 Å². The topological polar surface area (TPSA) is 84.9 Å². The third-order valence-corrected chi connectivity index (χ3v) is 11.9. The quantitative estimate of drug-likeness (QED) is 0.433. The Morgan fingerprint density at radius 3 is 2.71 bits per heavy atom. The van der Waals surface area contributed by atoms with Gasteiger partial charge in [0.15, 0.2) is 5.25 Å². The van der Waals surface area contributed by atoms with Gasteiger partial charge in [0.25, 0.3) is 5.91 Å². The van der Waals surface area contributed by atoms with Crippen LogP contribution in [0.5, 0.6) is 5.75 Å². The monoisotopic (exact) mass is 595 g/mol. The Kier molecular flexibility index (Phi) is 7.36. The number of hydrogen-bond acceptors (Lipinski definition) is 5. The molecule has 2 aliphatic carbocycles. The summed E-state index contributed by atoms with van der Waals surface area (Å²) in [7, 11) is 0. The zero-order valence-corrected chi connectivity index (χ0v) is 25.0. The van der Waals surface area contributed by atoms with Crippen LogP contribution >= 0.6 is 11.6 Å². The number of nitrogens with one attached hydrogen (secondary N) is 1. The Morgan fingerprint density at radius 1 is 0.976 bits per heavy atom. The van der Waals surface area contributed by atoms with E-state index in [-0.39, 0.29) is 22.5 Å². The summed E-state index contributed by atoms with van der Waals surface area (Å²) >= 11 is 4.84. The van der Waals surface area contributed by atoms with Gasteiger partial charge in [-0.1, -0.05) is 17.7 Å². The zero-order valence-electron chi connectivity index (χ0n) is 23.4. The van der Waals surface area contributed by atoms with Crippen molar-refractivity contribution in [1.82, 2.24) is 9.62 Å². The van der Waals surface area contributed by atoms with Crippen molar-refractivity contribution in [3.63, 3.8) is 0 Å². The number of hydrogen-bond donors (Lipinski definition) is 1. The molecule has 1 spiro atoms. The van der Waals surface area contributed by atoms with Crippen molar-refractivity contribution in [3.05, 3.63) is 58.1 Å². The fraction of sp³-hybridized carbons (Fsp3) is 0.562. The molecule has 9 heteroatoms. The van der Waals surface area contributed by atoms with Crippen molar-refractivity contribution in [2.24, 2.45) is 11.8 Å². The van der Waals surface area contributed by atoms with Crippen molar-refractivity contribution in [3.8, 4) is 5.75 Å².